The predicted octanol–water partition coefficient (Wildman–Crippen LogP) is 2.06. The fraction of sp³-hybridized carbons (Fsp3) is 0.455. The van der Waals surface area contributed by atoms with E-state index in [0.717, 1.165) is 6.54 Å². The molecule has 2 heteroatoms. The van der Waals surface area contributed by atoms with Gasteiger partial charge in [-0.1, -0.05) is 43.7 Å². The first kappa shape index (κ1) is 12.1. The lowest BCUT2D eigenvalue weighted by Crippen LogP contribution is -2.13. The summed E-state index contributed by atoms with van der Waals surface area (Å²) < 4.78 is 0. The Kier molecular flexibility index (Phi) is 7.26. The molecular weight excluding hydrogens is 162 g/mol. The van der Waals surface area contributed by atoms with Crippen molar-refractivity contribution in [2.75, 3.05) is 6.73 Å². The highest BCUT2D eigenvalue weighted by Gasteiger charge is 1.89. The SMILES string of the molecule is CC.Cc1ccc(CNCO)cc1. The Labute approximate surface area is 80.6 Å². The van der Waals surface area contributed by atoms with Gasteiger partial charge in [-0.2, -0.15) is 0 Å². The van der Waals surface area contributed by atoms with E-state index < -0.39 is 0 Å². The lowest BCUT2D eigenvalue weighted by atomic mass is 10.1. The van der Waals surface area contributed by atoms with Crippen LogP contribution >= 0.6 is 0 Å². The van der Waals surface area contributed by atoms with Gasteiger partial charge in [0, 0.05) is 6.54 Å². The second-order valence-corrected chi connectivity index (χ2v) is 2.57. The Morgan fingerprint density at radius 1 is 1.15 bits per heavy atom. The zero-order valence-corrected chi connectivity index (χ0v) is 8.67. The number of rotatable bonds is 3. The van der Waals surface area contributed by atoms with Crippen LogP contribution in [0.3, 0.4) is 0 Å². The van der Waals surface area contributed by atoms with Crippen molar-refractivity contribution in [2.45, 2.75) is 27.3 Å². The zero-order valence-electron chi connectivity index (χ0n) is 8.67. The monoisotopic (exact) mass is 181 g/mol. The Morgan fingerprint density at radius 3 is 2.15 bits per heavy atom. The molecule has 1 aromatic rings. The van der Waals surface area contributed by atoms with E-state index in [1.165, 1.54) is 11.1 Å². The van der Waals surface area contributed by atoms with Gasteiger partial charge in [-0.05, 0) is 12.5 Å². The second kappa shape index (κ2) is 7.77. The molecule has 0 spiro atoms. The molecule has 2 N–H and O–H groups in total. The van der Waals surface area contributed by atoms with Crippen LogP contribution in [0.2, 0.25) is 0 Å². The maximum absolute atomic E-state index is 8.47. The minimum atomic E-state index is 0.0356. The lowest BCUT2D eigenvalue weighted by molar-refractivity contribution is 0.259. The predicted molar refractivity (Wildman–Crippen MR) is 56.5 cm³/mol. The van der Waals surface area contributed by atoms with Gasteiger partial charge < -0.3 is 5.11 Å². The summed E-state index contributed by atoms with van der Waals surface area (Å²) in [6, 6.07) is 8.23. The number of aliphatic hydroxyl groups is 1. The summed E-state index contributed by atoms with van der Waals surface area (Å²) in [5.41, 5.74) is 2.46. The van der Waals surface area contributed by atoms with Crippen molar-refractivity contribution in [2.24, 2.45) is 0 Å². The Balaban J connectivity index is 0.000000671. The highest BCUT2D eigenvalue weighted by molar-refractivity contribution is 5.20. The van der Waals surface area contributed by atoms with Crippen LogP contribution in [-0.2, 0) is 6.54 Å². The van der Waals surface area contributed by atoms with Crippen molar-refractivity contribution in [3.63, 3.8) is 0 Å². The number of hydrogen-bond acceptors (Lipinski definition) is 2. The number of nitrogens with one attached hydrogen (secondary N) is 1. The molecule has 0 unspecified atom stereocenters. The van der Waals surface area contributed by atoms with Gasteiger partial charge in [0.15, 0.2) is 0 Å². The first-order valence-electron chi connectivity index (χ1n) is 4.70. The summed E-state index contributed by atoms with van der Waals surface area (Å²) >= 11 is 0. The van der Waals surface area contributed by atoms with Gasteiger partial charge >= 0.3 is 0 Å². The van der Waals surface area contributed by atoms with Crippen LogP contribution in [0.15, 0.2) is 24.3 Å². The molecule has 0 aliphatic carbocycles. The Hall–Kier alpha value is -0.860. The van der Waals surface area contributed by atoms with Crippen LogP contribution in [0, 0.1) is 6.92 Å². The average molecular weight is 181 g/mol. The Morgan fingerprint density at radius 2 is 1.69 bits per heavy atom. The van der Waals surface area contributed by atoms with Gasteiger partial charge in [0.1, 0.15) is 0 Å². The van der Waals surface area contributed by atoms with Crippen molar-refractivity contribution in [1.29, 1.82) is 0 Å². The topological polar surface area (TPSA) is 32.3 Å². The summed E-state index contributed by atoms with van der Waals surface area (Å²) in [5, 5.41) is 11.3. The largest absolute Gasteiger partial charge is 0.381 e. The third-order valence-electron chi connectivity index (χ3n) is 1.56. The Bertz CT molecular complexity index is 206. The van der Waals surface area contributed by atoms with E-state index in [-0.39, 0.29) is 6.73 Å². The van der Waals surface area contributed by atoms with Crippen molar-refractivity contribution >= 4 is 0 Å². The summed E-state index contributed by atoms with van der Waals surface area (Å²) in [4.78, 5) is 0. The molecule has 13 heavy (non-hydrogen) atoms. The van der Waals surface area contributed by atoms with Gasteiger partial charge in [0.05, 0.1) is 6.73 Å². The van der Waals surface area contributed by atoms with Crippen molar-refractivity contribution in [3.05, 3.63) is 35.4 Å². The van der Waals surface area contributed by atoms with Crippen molar-refractivity contribution < 1.29 is 5.11 Å². The average Bonchev–Trinajstić information content (AvgIpc) is 2.20. The van der Waals surface area contributed by atoms with E-state index in [1.54, 1.807) is 0 Å². The van der Waals surface area contributed by atoms with E-state index in [1.807, 2.05) is 13.8 Å². The molecule has 0 aliphatic rings. The van der Waals surface area contributed by atoms with E-state index in [9.17, 15) is 0 Å². The second-order valence-electron chi connectivity index (χ2n) is 2.57. The van der Waals surface area contributed by atoms with Crippen LogP contribution in [-0.4, -0.2) is 11.8 Å². The molecule has 0 radical (unpaired) electrons. The summed E-state index contributed by atoms with van der Waals surface area (Å²) in [7, 11) is 0. The number of benzene rings is 1. The zero-order chi connectivity index (χ0) is 10.1. The van der Waals surface area contributed by atoms with Crippen LogP contribution in [0.25, 0.3) is 0 Å². The van der Waals surface area contributed by atoms with Gasteiger partial charge in [-0.15, -0.1) is 0 Å². The molecule has 2 nitrogen and oxygen atoms in total. The van der Waals surface area contributed by atoms with E-state index in [2.05, 4.69) is 36.5 Å². The molecule has 0 aromatic heterocycles. The first-order chi connectivity index (χ1) is 6.33. The summed E-state index contributed by atoms with van der Waals surface area (Å²) in [6.45, 7) is 6.83. The summed E-state index contributed by atoms with van der Waals surface area (Å²) in [5.74, 6) is 0. The highest BCUT2D eigenvalue weighted by atomic mass is 16.3. The molecule has 0 aliphatic heterocycles. The van der Waals surface area contributed by atoms with Gasteiger partial charge in [0.2, 0.25) is 0 Å². The van der Waals surface area contributed by atoms with Crippen LogP contribution in [0.4, 0.5) is 0 Å². The first-order valence-corrected chi connectivity index (χ1v) is 4.70. The molecule has 0 atom stereocenters. The molecule has 0 amide bonds. The smallest absolute Gasteiger partial charge is 0.0934 e. The lowest BCUT2D eigenvalue weighted by Gasteiger charge is -2.00. The molecule has 0 bridgehead atoms. The van der Waals surface area contributed by atoms with E-state index in [0.29, 0.717) is 0 Å². The molecule has 0 saturated carbocycles. The highest BCUT2D eigenvalue weighted by Crippen LogP contribution is 2.01. The normalized spacial score (nSPS) is 8.92. The molecule has 0 heterocycles. The molecule has 0 saturated heterocycles. The van der Waals surface area contributed by atoms with Gasteiger partial charge in [-0.25, -0.2) is 0 Å². The van der Waals surface area contributed by atoms with Gasteiger partial charge in [0.25, 0.3) is 0 Å². The maximum atomic E-state index is 8.47. The third kappa shape index (κ3) is 5.39. The standard InChI is InChI=1S/C9H13NO.C2H6/c1-8-2-4-9(5-3-8)6-10-7-11;1-2/h2-5,10-11H,6-7H2,1H3;1-2H3. The molecular formula is C11H19NO. The van der Waals surface area contributed by atoms with Crippen molar-refractivity contribution in [3.8, 4) is 0 Å². The third-order valence-corrected chi connectivity index (χ3v) is 1.56. The van der Waals surface area contributed by atoms with Crippen LogP contribution in [0.1, 0.15) is 25.0 Å². The van der Waals surface area contributed by atoms with Crippen molar-refractivity contribution in [1.82, 2.24) is 5.32 Å². The molecule has 1 aromatic carbocycles. The minimum Gasteiger partial charge on any atom is -0.381 e. The fourth-order valence-electron chi connectivity index (χ4n) is 0.906. The minimum absolute atomic E-state index is 0.0356. The molecule has 74 valence electrons. The van der Waals surface area contributed by atoms with Crippen LogP contribution < -0.4 is 5.32 Å². The molecule has 0 fully saturated rings. The fourth-order valence-corrected chi connectivity index (χ4v) is 0.906. The van der Waals surface area contributed by atoms with E-state index >= 15 is 0 Å². The van der Waals surface area contributed by atoms with Gasteiger partial charge in [-0.3, -0.25) is 5.32 Å². The summed E-state index contributed by atoms with van der Waals surface area (Å²) in [6.07, 6.45) is 0. The number of aliphatic hydroxyl groups excluding tert-OH is 1. The van der Waals surface area contributed by atoms with E-state index in [4.69, 9.17) is 5.11 Å². The maximum Gasteiger partial charge on any atom is 0.0934 e. The number of hydrogen-bond donors (Lipinski definition) is 2. The quantitative estimate of drug-likeness (QED) is 0.700. The van der Waals surface area contributed by atoms with Crippen LogP contribution in [0.5, 0.6) is 0 Å². The number of aryl methyl sites for hydroxylation is 1. The molecule has 1 rings (SSSR count).